The number of carbonyl (C=O) groups is 1. The van der Waals surface area contributed by atoms with E-state index in [4.69, 9.17) is 4.74 Å². The summed E-state index contributed by atoms with van der Waals surface area (Å²) in [6, 6.07) is 5.43. The SMILES string of the molecule is CCOC(=O)c1c[nH]c2ccc(CS)cc2c1=O. The number of rotatable bonds is 3. The summed E-state index contributed by atoms with van der Waals surface area (Å²) >= 11 is 4.17. The molecule has 0 radical (unpaired) electrons. The molecular weight excluding hydrogens is 250 g/mol. The molecule has 0 bridgehead atoms. The maximum atomic E-state index is 12.2. The summed E-state index contributed by atoms with van der Waals surface area (Å²) in [5.74, 6) is -0.0594. The number of thiol groups is 1. The molecule has 2 aromatic rings. The standard InChI is InChI=1S/C13H13NO3S/c1-2-17-13(16)10-6-14-11-4-3-8(7-18)5-9(11)12(10)15/h3-6,18H,2,7H2,1H3,(H,14,15). The number of carbonyl (C=O) groups excluding carboxylic acids is 1. The van der Waals surface area contributed by atoms with Crippen LogP contribution in [0.3, 0.4) is 0 Å². The van der Waals surface area contributed by atoms with Crippen molar-refractivity contribution >= 4 is 29.5 Å². The summed E-state index contributed by atoms with van der Waals surface area (Å²) in [6.07, 6.45) is 1.39. The first kappa shape index (κ1) is 12.7. The number of hydrogen-bond donors (Lipinski definition) is 2. The van der Waals surface area contributed by atoms with Crippen LogP contribution in [0.5, 0.6) is 0 Å². The van der Waals surface area contributed by atoms with E-state index in [-0.39, 0.29) is 17.6 Å². The minimum atomic E-state index is -0.600. The van der Waals surface area contributed by atoms with Gasteiger partial charge in [0, 0.05) is 22.9 Å². The lowest BCUT2D eigenvalue weighted by Gasteiger charge is -2.04. The third kappa shape index (κ3) is 2.26. The van der Waals surface area contributed by atoms with E-state index in [1.165, 1.54) is 6.20 Å². The molecule has 0 aliphatic carbocycles. The molecule has 2 rings (SSSR count). The van der Waals surface area contributed by atoms with Crippen molar-refractivity contribution < 1.29 is 9.53 Å². The second-order valence-electron chi connectivity index (χ2n) is 3.79. The van der Waals surface area contributed by atoms with Crippen molar-refractivity contribution in [3.8, 4) is 0 Å². The molecule has 5 heteroatoms. The van der Waals surface area contributed by atoms with Crippen LogP contribution in [0.1, 0.15) is 22.8 Å². The Morgan fingerprint density at radius 3 is 2.89 bits per heavy atom. The second kappa shape index (κ2) is 5.27. The van der Waals surface area contributed by atoms with E-state index in [0.717, 1.165) is 5.56 Å². The number of esters is 1. The zero-order valence-corrected chi connectivity index (χ0v) is 10.8. The van der Waals surface area contributed by atoms with E-state index >= 15 is 0 Å². The van der Waals surface area contributed by atoms with Crippen LogP contribution >= 0.6 is 12.6 Å². The maximum Gasteiger partial charge on any atom is 0.343 e. The van der Waals surface area contributed by atoms with Crippen LogP contribution in [0.2, 0.25) is 0 Å². The lowest BCUT2D eigenvalue weighted by molar-refractivity contribution is 0.0524. The Morgan fingerprint density at radius 2 is 2.22 bits per heavy atom. The van der Waals surface area contributed by atoms with Gasteiger partial charge in [-0.1, -0.05) is 6.07 Å². The number of aromatic amines is 1. The van der Waals surface area contributed by atoms with Crippen LogP contribution in [-0.4, -0.2) is 17.6 Å². The number of benzene rings is 1. The van der Waals surface area contributed by atoms with Gasteiger partial charge in [-0.2, -0.15) is 12.6 Å². The molecule has 18 heavy (non-hydrogen) atoms. The molecule has 1 aromatic carbocycles. The summed E-state index contributed by atoms with van der Waals surface area (Å²) in [5.41, 5.74) is 1.34. The molecule has 94 valence electrons. The minimum Gasteiger partial charge on any atom is -0.462 e. The van der Waals surface area contributed by atoms with Crippen molar-refractivity contribution in [2.75, 3.05) is 6.61 Å². The third-order valence-electron chi connectivity index (χ3n) is 2.62. The highest BCUT2D eigenvalue weighted by atomic mass is 32.1. The number of aromatic nitrogens is 1. The summed E-state index contributed by atoms with van der Waals surface area (Å²) in [7, 11) is 0. The first-order valence-electron chi connectivity index (χ1n) is 5.59. The van der Waals surface area contributed by atoms with Crippen molar-refractivity contribution in [3.05, 3.63) is 45.7 Å². The zero-order chi connectivity index (χ0) is 13.1. The van der Waals surface area contributed by atoms with Crippen molar-refractivity contribution in [2.45, 2.75) is 12.7 Å². The highest BCUT2D eigenvalue weighted by Gasteiger charge is 2.13. The normalized spacial score (nSPS) is 10.6. The summed E-state index contributed by atoms with van der Waals surface area (Å²) in [6.45, 7) is 1.94. The highest BCUT2D eigenvalue weighted by Crippen LogP contribution is 2.13. The van der Waals surface area contributed by atoms with Crippen molar-refractivity contribution in [2.24, 2.45) is 0 Å². The van der Waals surface area contributed by atoms with Gasteiger partial charge >= 0.3 is 5.97 Å². The van der Waals surface area contributed by atoms with Gasteiger partial charge in [-0.05, 0) is 24.6 Å². The van der Waals surface area contributed by atoms with Gasteiger partial charge < -0.3 is 9.72 Å². The quantitative estimate of drug-likeness (QED) is 0.659. The fraction of sp³-hybridized carbons (Fsp3) is 0.231. The smallest absolute Gasteiger partial charge is 0.343 e. The Kier molecular flexibility index (Phi) is 3.72. The molecule has 0 unspecified atom stereocenters. The number of H-pyrrole nitrogens is 1. The first-order valence-corrected chi connectivity index (χ1v) is 6.23. The predicted octanol–water partition coefficient (Wildman–Crippen LogP) is 2.13. The van der Waals surface area contributed by atoms with Crippen molar-refractivity contribution in [3.63, 3.8) is 0 Å². The van der Waals surface area contributed by atoms with Crippen molar-refractivity contribution in [1.82, 2.24) is 4.98 Å². The second-order valence-corrected chi connectivity index (χ2v) is 4.11. The van der Waals surface area contributed by atoms with Gasteiger partial charge in [0.2, 0.25) is 5.43 Å². The van der Waals surface area contributed by atoms with Gasteiger partial charge in [0.05, 0.1) is 6.61 Å². The van der Waals surface area contributed by atoms with E-state index in [2.05, 4.69) is 17.6 Å². The Morgan fingerprint density at radius 1 is 1.44 bits per heavy atom. The molecule has 0 amide bonds. The van der Waals surface area contributed by atoms with Crippen LogP contribution in [-0.2, 0) is 10.5 Å². The molecule has 0 aliphatic rings. The monoisotopic (exact) mass is 263 g/mol. The minimum absolute atomic E-state index is 0.0284. The number of hydrogen-bond acceptors (Lipinski definition) is 4. The van der Waals surface area contributed by atoms with Crippen LogP contribution in [0.4, 0.5) is 0 Å². The molecule has 4 nitrogen and oxygen atoms in total. The van der Waals surface area contributed by atoms with Gasteiger partial charge in [-0.3, -0.25) is 4.79 Å². The van der Waals surface area contributed by atoms with Crippen LogP contribution in [0.15, 0.2) is 29.2 Å². The van der Waals surface area contributed by atoms with Gasteiger partial charge in [0.1, 0.15) is 5.56 Å². The van der Waals surface area contributed by atoms with Gasteiger partial charge in [-0.25, -0.2) is 4.79 Å². The maximum absolute atomic E-state index is 12.2. The molecule has 0 saturated heterocycles. The summed E-state index contributed by atoms with van der Waals surface area (Å²) in [4.78, 5) is 26.7. The van der Waals surface area contributed by atoms with Crippen LogP contribution in [0.25, 0.3) is 10.9 Å². The summed E-state index contributed by atoms with van der Waals surface area (Å²) in [5, 5.41) is 0.479. The number of fused-ring (bicyclic) bond motifs is 1. The van der Waals surface area contributed by atoms with E-state index in [1.807, 2.05) is 6.07 Å². The van der Waals surface area contributed by atoms with Gasteiger partial charge in [-0.15, -0.1) is 0 Å². The largest absolute Gasteiger partial charge is 0.462 e. The fourth-order valence-corrected chi connectivity index (χ4v) is 1.92. The predicted molar refractivity (Wildman–Crippen MR) is 73.2 cm³/mol. The zero-order valence-electron chi connectivity index (χ0n) is 9.90. The molecule has 0 aliphatic heterocycles. The first-order chi connectivity index (χ1) is 8.67. The van der Waals surface area contributed by atoms with E-state index in [9.17, 15) is 9.59 Å². The molecule has 1 N–H and O–H groups in total. The molecule has 0 fully saturated rings. The van der Waals surface area contributed by atoms with E-state index < -0.39 is 5.97 Å². The molecular formula is C13H13NO3S. The fourth-order valence-electron chi connectivity index (χ4n) is 1.72. The van der Waals surface area contributed by atoms with Crippen molar-refractivity contribution in [1.29, 1.82) is 0 Å². The average molecular weight is 263 g/mol. The number of ether oxygens (including phenoxy) is 1. The molecule has 0 saturated carbocycles. The Hall–Kier alpha value is -1.75. The Balaban J connectivity index is 2.62. The molecule has 1 aromatic heterocycles. The number of nitrogens with one attached hydrogen (secondary N) is 1. The molecule has 0 spiro atoms. The Bertz CT molecular complexity index is 648. The lowest BCUT2D eigenvalue weighted by Crippen LogP contribution is -2.18. The topological polar surface area (TPSA) is 59.2 Å². The average Bonchev–Trinajstić information content (AvgIpc) is 2.39. The van der Waals surface area contributed by atoms with Gasteiger partial charge in [0.15, 0.2) is 0 Å². The third-order valence-corrected chi connectivity index (χ3v) is 2.99. The summed E-state index contributed by atoms with van der Waals surface area (Å²) < 4.78 is 4.84. The Labute approximate surface area is 109 Å². The molecule has 0 atom stereocenters. The van der Waals surface area contributed by atoms with Gasteiger partial charge in [0.25, 0.3) is 0 Å². The van der Waals surface area contributed by atoms with E-state index in [1.54, 1.807) is 19.1 Å². The lowest BCUT2D eigenvalue weighted by atomic mass is 10.1. The number of pyridine rings is 1. The molecule has 1 heterocycles. The highest BCUT2D eigenvalue weighted by molar-refractivity contribution is 7.79. The van der Waals surface area contributed by atoms with Crippen LogP contribution in [0, 0.1) is 0 Å². The van der Waals surface area contributed by atoms with E-state index in [0.29, 0.717) is 16.7 Å². The van der Waals surface area contributed by atoms with Crippen LogP contribution < -0.4 is 5.43 Å².